The summed E-state index contributed by atoms with van der Waals surface area (Å²) in [5.41, 5.74) is 6.51. The fraction of sp³-hybridized carbons (Fsp3) is 0.318. The van der Waals surface area contributed by atoms with Gasteiger partial charge >= 0.3 is 0 Å². The number of nitrogens with one attached hydrogen (secondary N) is 1. The van der Waals surface area contributed by atoms with Crippen molar-refractivity contribution in [1.82, 2.24) is 5.32 Å². The zero-order valence-corrected chi connectivity index (χ0v) is 15.3. The Morgan fingerprint density at radius 3 is 2.38 bits per heavy atom. The third kappa shape index (κ3) is 4.35. The summed E-state index contributed by atoms with van der Waals surface area (Å²) in [6.07, 6.45) is 2.72. The Morgan fingerprint density at radius 1 is 1.12 bits per heavy atom. The van der Waals surface area contributed by atoms with E-state index in [-0.39, 0.29) is 5.78 Å². The van der Waals surface area contributed by atoms with Crippen molar-refractivity contribution in [1.29, 1.82) is 0 Å². The lowest BCUT2D eigenvalue weighted by Crippen LogP contribution is -2.12. The number of rotatable bonds is 6. The maximum atomic E-state index is 12.6. The Balaban J connectivity index is 2.50. The second-order valence-electron chi connectivity index (χ2n) is 6.75. The molecule has 2 aromatic rings. The molecule has 0 spiro atoms. The molecule has 24 heavy (non-hydrogen) atoms. The Kier molecular flexibility index (Phi) is 5.97. The van der Waals surface area contributed by atoms with E-state index in [1.165, 1.54) is 16.7 Å². The molecule has 0 aromatic heterocycles. The molecule has 126 valence electrons. The number of aryl methyl sites for hydroxylation is 2. The van der Waals surface area contributed by atoms with E-state index in [9.17, 15) is 4.79 Å². The fourth-order valence-electron chi connectivity index (χ4n) is 3.13. The highest BCUT2D eigenvalue weighted by molar-refractivity contribution is 6.08. The number of ketones is 1. The van der Waals surface area contributed by atoms with Crippen LogP contribution in [0.4, 0.5) is 0 Å². The van der Waals surface area contributed by atoms with Gasteiger partial charge < -0.3 is 5.32 Å². The summed E-state index contributed by atoms with van der Waals surface area (Å²) >= 11 is 0. The zero-order chi connectivity index (χ0) is 17.7. The van der Waals surface area contributed by atoms with Crippen molar-refractivity contribution in [3.8, 4) is 0 Å². The first-order valence-electron chi connectivity index (χ1n) is 8.51. The van der Waals surface area contributed by atoms with Crippen molar-refractivity contribution in [2.24, 2.45) is 5.92 Å². The van der Waals surface area contributed by atoms with E-state index in [4.69, 9.17) is 0 Å². The first-order valence-corrected chi connectivity index (χ1v) is 8.51. The molecule has 1 N–H and O–H groups in total. The highest BCUT2D eigenvalue weighted by atomic mass is 16.1. The number of allylic oxidation sites excluding steroid dienone is 1. The Labute approximate surface area is 145 Å². The monoisotopic (exact) mass is 321 g/mol. The number of benzene rings is 2. The van der Waals surface area contributed by atoms with Gasteiger partial charge in [-0.2, -0.15) is 0 Å². The molecule has 2 aromatic carbocycles. The molecule has 2 rings (SSSR count). The summed E-state index contributed by atoms with van der Waals surface area (Å²) < 4.78 is 0. The molecule has 0 amide bonds. The van der Waals surface area contributed by atoms with Crippen molar-refractivity contribution in [3.05, 3.63) is 76.4 Å². The zero-order valence-electron chi connectivity index (χ0n) is 15.3. The molecule has 0 atom stereocenters. The first-order chi connectivity index (χ1) is 11.4. The molecule has 0 bridgehead atoms. The third-order valence-corrected chi connectivity index (χ3v) is 4.06. The summed E-state index contributed by atoms with van der Waals surface area (Å²) in [6.45, 7) is 8.68. The van der Waals surface area contributed by atoms with Crippen molar-refractivity contribution >= 4 is 11.5 Å². The quantitative estimate of drug-likeness (QED) is 0.603. The van der Waals surface area contributed by atoms with Gasteiger partial charge in [0.1, 0.15) is 0 Å². The second kappa shape index (κ2) is 7.96. The van der Waals surface area contributed by atoms with Crippen molar-refractivity contribution in [2.75, 3.05) is 7.05 Å². The van der Waals surface area contributed by atoms with Crippen LogP contribution < -0.4 is 5.32 Å². The van der Waals surface area contributed by atoms with Crippen molar-refractivity contribution in [2.45, 2.75) is 34.1 Å². The predicted molar refractivity (Wildman–Crippen MR) is 102 cm³/mol. The molecule has 0 unspecified atom stereocenters. The first kappa shape index (κ1) is 18.0. The lowest BCUT2D eigenvalue weighted by Gasteiger charge is -2.18. The van der Waals surface area contributed by atoms with Gasteiger partial charge in [0.05, 0.1) is 0 Å². The minimum Gasteiger partial charge on any atom is -0.388 e. The average Bonchev–Trinajstić information content (AvgIpc) is 2.53. The van der Waals surface area contributed by atoms with Crippen LogP contribution >= 0.6 is 0 Å². The lowest BCUT2D eigenvalue weighted by molar-refractivity contribution is 0.104. The molecule has 0 heterocycles. The molecule has 0 aliphatic heterocycles. The molecule has 2 nitrogen and oxygen atoms in total. The molecular formula is C22H27NO. The smallest absolute Gasteiger partial charge is 0.187 e. The third-order valence-electron chi connectivity index (χ3n) is 4.06. The van der Waals surface area contributed by atoms with Crippen molar-refractivity contribution in [3.63, 3.8) is 0 Å². The molecule has 0 saturated carbocycles. The van der Waals surface area contributed by atoms with Crippen molar-refractivity contribution < 1.29 is 4.79 Å². The number of carbonyl (C=O) groups excluding carboxylic acids is 1. The molecule has 2 heteroatoms. The number of hydrogen-bond acceptors (Lipinski definition) is 2. The molecule has 0 fully saturated rings. The topological polar surface area (TPSA) is 29.1 Å². The van der Waals surface area contributed by atoms with Gasteiger partial charge in [0, 0.05) is 29.9 Å². The fourth-order valence-corrected chi connectivity index (χ4v) is 3.13. The highest BCUT2D eigenvalue weighted by Crippen LogP contribution is 2.26. The summed E-state index contributed by atoms with van der Waals surface area (Å²) in [4.78, 5) is 12.6. The normalized spacial score (nSPS) is 11.7. The van der Waals surface area contributed by atoms with E-state index in [0.29, 0.717) is 11.5 Å². The summed E-state index contributed by atoms with van der Waals surface area (Å²) in [5, 5.41) is 3.23. The van der Waals surface area contributed by atoms with Crippen LogP contribution in [0.1, 0.15) is 46.5 Å². The van der Waals surface area contributed by atoms with Gasteiger partial charge in [0.2, 0.25) is 0 Å². The molecule has 0 saturated heterocycles. The van der Waals surface area contributed by atoms with E-state index in [2.05, 4.69) is 45.1 Å². The van der Waals surface area contributed by atoms with E-state index < -0.39 is 0 Å². The SMILES string of the molecule is CN/C(=C\C(=O)c1ccccc1)c1c(C)cc(C)cc1CC(C)C. The highest BCUT2D eigenvalue weighted by Gasteiger charge is 2.14. The van der Waals surface area contributed by atoms with Gasteiger partial charge in [0.15, 0.2) is 5.78 Å². The largest absolute Gasteiger partial charge is 0.388 e. The van der Waals surface area contributed by atoms with Gasteiger partial charge in [0.25, 0.3) is 0 Å². The van der Waals surface area contributed by atoms with E-state index in [0.717, 1.165) is 17.7 Å². The Bertz CT molecular complexity index is 742. The number of carbonyl (C=O) groups is 1. The molecule has 0 aliphatic rings. The van der Waals surface area contributed by atoms with Crippen LogP contribution in [-0.4, -0.2) is 12.8 Å². The van der Waals surface area contributed by atoms with Crippen LogP contribution in [0.2, 0.25) is 0 Å². The minimum atomic E-state index is 0.0235. The Morgan fingerprint density at radius 2 is 1.79 bits per heavy atom. The Hall–Kier alpha value is -2.35. The minimum absolute atomic E-state index is 0.0235. The summed E-state index contributed by atoms with van der Waals surface area (Å²) in [5.74, 6) is 0.586. The maximum absolute atomic E-state index is 12.6. The van der Waals surface area contributed by atoms with Gasteiger partial charge in [-0.05, 0) is 37.3 Å². The lowest BCUT2D eigenvalue weighted by atomic mass is 9.90. The molecule has 0 aliphatic carbocycles. The summed E-state index contributed by atoms with van der Waals surface area (Å²) in [6, 6.07) is 13.8. The van der Waals surface area contributed by atoms with E-state index in [1.807, 2.05) is 37.4 Å². The standard InChI is InChI=1S/C22H27NO/c1-15(2)11-19-13-16(3)12-17(4)22(19)20(23-5)14-21(24)18-9-7-6-8-10-18/h6-10,12-15,23H,11H2,1-5H3/b20-14-. The van der Waals surface area contributed by atoms with Gasteiger partial charge in [-0.25, -0.2) is 0 Å². The number of hydrogen-bond donors (Lipinski definition) is 1. The molecular weight excluding hydrogens is 294 g/mol. The van der Waals surface area contributed by atoms with Crippen LogP contribution in [0.5, 0.6) is 0 Å². The van der Waals surface area contributed by atoms with E-state index >= 15 is 0 Å². The van der Waals surface area contributed by atoms with Crippen LogP contribution in [0.25, 0.3) is 5.70 Å². The maximum Gasteiger partial charge on any atom is 0.187 e. The average molecular weight is 321 g/mol. The van der Waals surface area contributed by atoms with Crippen LogP contribution in [0.3, 0.4) is 0 Å². The van der Waals surface area contributed by atoms with Crippen LogP contribution in [0.15, 0.2) is 48.5 Å². The second-order valence-corrected chi connectivity index (χ2v) is 6.75. The van der Waals surface area contributed by atoms with Gasteiger partial charge in [-0.15, -0.1) is 0 Å². The summed E-state index contributed by atoms with van der Waals surface area (Å²) in [7, 11) is 1.88. The van der Waals surface area contributed by atoms with Gasteiger partial charge in [-0.1, -0.05) is 61.9 Å². The predicted octanol–water partition coefficient (Wildman–Crippen LogP) is 4.95. The molecule has 0 radical (unpaired) electrons. The van der Waals surface area contributed by atoms with Crippen LogP contribution in [0, 0.1) is 19.8 Å². The van der Waals surface area contributed by atoms with Crippen LogP contribution in [-0.2, 0) is 6.42 Å². The van der Waals surface area contributed by atoms with E-state index in [1.54, 1.807) is 6.08 Å². The van der Waals surface area contributed by atoms with Gasteiger partial charge in [-0.3, -0.25) is 4.79 Å².